The van der Waals surface area contributed by atoms with Crippen LogP contribution >= 0.6 is 11.8 Å². The lowest BCUT2D eigenvalue weighted by Crippen LogP contribution is -2.55. The topological polar surface area (TPSA) is 119 Å². The van der Waals surface area contributed by atoms with Gasteiger partial charge in [0.1, 0.15) is 11.5 Å². The summed E-state index contributed by atoms with van der Waals surface area (Å²) in [4.78, 5) is 26.4. The van der Waals surface area contributed by atoms with E-state index in [4.69, 9.17) is 15.0 Å². The average Bonchev–Trinajstić information content (AvgIpc) is 3.19. The number of carbonyl (C=O) groups is 2. The Hall–Kier alpha value is -1.74. The van der Waals surface area contributed by atoms with Gasteiger partial charge >= 0.3 is 0 Å². The Labute approximate surface area is 206 Å². The summed E-state index contributed by atoms with van der Waals surface area (Å²) in [6, 6.07) is 0.225. The molecule has 34 heavy (non-hydrogen) atoms. The molecule has 0 unspecified atom stereocenters. The standard InChI is InChI=1S/C25H40N4O4S/c1-14(2)12-34-21-20(33-29-23(21)32-13-25(3,4)24(31)27-6-5-26)22(30)28-19-17-8-15-7-16(10-17)11-18(19)9-15/h14-19H,5-13,26H2,1-4H3,(H,27,31)(H,28,30). The highest BCUT2D eigenvalue weighted by atomic mass is 32.2. The zero-order valence-corrected chi connectivity index (χ0v) is 21.7. The SMILES string of the molecule is CC(C)CSc1c(OCC(C)(C)C(=O)NCCN)noc1C(=O)NC1C2CC3CC(C2)CC1C3. The third kappa shape index (κ3) is 5.56. The van der Waals surface area contributed by atoms with Gasteiger partial charge in [0, 0.05) is 24.9 Å². The van der Waals surface area contributed by atoms with Crippen LogP contribution in [0.25, 0.3) is 0 Å². The molecule has 9 heteroatoms. The summed E-state index contributed by atoms with van der Waals surface area (Å²) >= 11 is 1.52. The number of nitrogens with zero attached hydrogens (tertiary/aromatic N) is 1. The van der Waals surface area contributed by atoms with Crippen LogP contribution in [0.2, 0.25) is 0 Å². The van der Waals surface area contributed by atoms with Crippen LogP contribution in [-0.4, -0.2) is 48.5 Å². The fourth-order valence-corrected chi connectivity index (χ4v) is 6.98. The molecule has 0 atom stereocenters. The van der Waals surface area contributed by atoms with Gasteiger partial charge in [-0.05, 0) is 80.7 Å². The van der Waals surface area contributed by atoms with E-state index in [1.165, 1.54) is 43.9 Å². The molecule has 2 amide bonds. The Morgan fingerprint density at radius 3 is 2.41 bits per heavy atom. The lowest BCUT2D eigenvalue weighted by Gasteiger charge is -2.54. The normalized spacial score (nSPS) is 27.8. The zero-order valence-electron chi connectivity index (χ0n) is 20.9. The summed E-state index contributed by atoms with van der Waals surface area (Å²) in [6.45, 7) is 8.77. The van der Waals surface area contributed by atoms with Crippen LogP contribution in [0.1, 0.15) is 70.4 Å². The largest absolute Gasteiger partial charge is 0.474 e. The minimum atomic E-state index is -0.781. The molecule has 0 radical (unpaired) electrons. The molecule has 5 rings (SSSR count). The molecule has 4 aliphatic carbocycles. The number of ether oxygens (including phenoxy) is 1. The molecule has 1 aromatic heterocycles. The molecule has 4 saturated carbocycles. The van der Waals surface area contributed by atoms with Gasteiger partial charge in [0.2, 0.25) is 11.7 Å². The van der Waals surface area contributed by atoms with Gasteiger partial charge in [-0.25, -0.2) is 0 Å². The highest BCUT2D eigenvalue weighted by Crippen LogP contribution is 2.53. The van der Waals surface area contributed by atoms with Gasteiger partial charge in [0.15, 0.2) is 0 Å². The van der Waals surface area contributed by atoms with E-state index in [1.807, 2.05) is 0 Å². The second-order valence-electron chi connectivity index (χ2n) is 11.5. The van der Waals surface area contributed by atoms with Crippen molar-refractivity contribution in [2.75, 3.05) is 25.4 Å². The number of amides is 2. The van der Waals surface area contributed by atoms with Crippen LogP contribution in [-0.2, 0) is 4.79 Å². The van der Waals surface area contributed by atoms with Crippen molar-refractivity contribution in [2.24, 2.45) is 40.7 Å². The van der Waals surface area contributed by atoms with E-state index in [2.05, 4.69) is 29.6 Å². The molecule has 4 aliphatic rings. The van der Waals surface area contributed by atoms with Gasteiger partial charge < -0.3 is 25.6 Å². The van der Waals surface area contributed by atoms with Crippen LogP contribution < -0.4 is 21.1 Å². The molecule has 0 saturated heterocycles. The Balaban J connectivity index is 1.45. The molecule has 4 N–H and O–H groups in total. The number of aromatic nitrogens is 1. The Morgan fingerprint density at radius 1 is 1.18 bits per heavy atom. The third-order valence-corrected chi connectivity index (χ3v) is 9.01. The lowest BCUT2D eigenvalue weighted by molar-refractivity contribution is -0.130. The first kappa shape index (κ1) is 25.4. The lowest BCUT2D eigenvalue weighted by atomic mass is 9.54. The van der Waals surface area contributed by atoms with E-state index in [9.17, 15) is 9.59 Å². The molecule has 0 spiro atoms. The first-order valence-corrected chi connectivity index (χ1v) is 13.7. The van der Waals surface area contributed by atoms with E-state index in [1.54, 1.807) is 13.8 Å². The molecule has 4 bridgehead atoms. The van der Waals surface area contributed by atoms with Gasteiger partial charge in [0.25, 0.3) is 11.8 Å². The van der Waals surface area contributed by atoms with Crippen molar-refractivity contribution in [1.82, 2.24) is 15.8 Å². The maximum absolute atomic E-state index is 13.4. The molecule has 4 fully saturated rings. The molecule has 1 heterocycles. The quantitative estimate of drug-likeness (QED) is 0.405. The number of carbonyl (C=O) groups excluding carboxylic acids is 2. The van der Waals surface area contributed by atoms with E-state index in [0.29, 0.717) is 35.7 Å². The van der Waals surface area contributed by atoms with Crippen molar-refractivity contribution >= 4 is 23.6 Å². The Morgan fingerprint density at radius 2 is 1.82 bits per heavy atom. The number of hydrogen-bond acceptors (Lipinski definition) is 7. The van der Waals surface area contributed by atoms with E-state index in [-0.39, 0.29) is 36.1 Å². The van der Waals surface area contributed by atoms with Gasteiger partial charge in [-0.3, -0.25) is 9.59 Å². The van der Waals surface area contributed by atoms with Crippen molar-refractivity contribution in [3.05, 3.63) is 5.76 Å². The number of thioether (sulfide) groups is 1. The molecule has 8 nitrogen and oxygen atoms in total. The molecule has 1 aromatic rings. The summed E-state index contributed by atoms with van der Waals surface area (Å²) in [5.74, 6) is 4.25. The van der Waals surface area contributed by atoms with Crippen molar-refractivity contribution in [2.45, 2.75) is 70.7 Å². The Kier molecular flexibility index (Phi) is 7.82. The summed E-state index contributed by atoms with van der Waals surface area (Å²) in [5, 5.41) is 10.2. The number of nitrogens with one attached hydrogen (secondary N) is 2. The monoisotopic (exact) mass is 492 g/mol. The van der Waals surface area contributed by atoms with E-state index in [0.717, 1.165) is 17.6 Å². The molecule has 0 aromatic carbocycles. The predicted octanol–water partition coefficient (Wildman–Crippen LogP) is 3.46. The smallest absolute Gasteiger partial charge is 0.291 e. The number of rotatable bonds is 11. The van der Waals surface area contributed by atoms with Crippen LogP contribution in [0.5, 0.6) is 5.88 Å². The molecule has 0 aliphatic heterocycles. The van der Waals surface area contributed by atoms with E-state index >= 15 is 0 Å². The first-order chi connectivity index (χ1) is 16.2. The van der Waals surface area contributed by atoms with Gasteiger partial charge in [0.05, 0.1) is 5.41 Å². The minimum Gasteiger partial charge on any atom is -0.474 e. The summed E-state index contributed by atoms with van der Waals surface area (Å²) < 4.78 is 11.5. The number of nitrogens with two attached hydrogens (primary N) is 1. The highest BCUT2D eigenvalue weighted by Gasteiger charge is 2.49. The van der Waals surface area contributed by atoms with Crippen molar-refractivity contribution in [3.8, 4) is 5.88 Å². The third-order valence-electron chi connectivity index (χ3n) is 7.53. The highest BCUT2D eigenvalue weighted by molar-refractivity contribution is 7.99. The van der Waals surface area contributed by atoms with Gasteiger partial charge in [-0.15, -0.1) is 11.8 Å². The zero-order chi connectivity index (χ0) is 24.5. The van der Waals surface area contributed by atoms with E-state index < -0.39 is 5.41 Å². The first-order valence-electron chi connectivity index (χ1n) is 12.7. The fourth-order valence-electron chi connectivity index (χ4n) is 6.00. The van der Waals surface area contributed by atoms with Crippen LogP contribution in [0, 0.1) is 35.0 Å². The van der Waals surface area contributed by atoms with Gasteiger partial charge in [-0.1, -0.05) is 13.8 Å². The maximum Gasteiger partial charge on any atom is 0.291 e. The fraction of sp³-hybridized carbons (Fsp3) is 0.800. The van der Waals surface area contributed by atoms with Crippen LogP contribution in [0.15, 0.2) is 9.42 Å². The molecule has 190 valence electrons. The molecular weight excluding hydrogens is 452 g/mol. The molecular formula is C25H40N4O4S. The predicted molar refractivity (Wildman–Crippen MR) is 132 cm³/mol. The van der Waals surface area contributed by atoms with Crippen molar-refractivity contribution in [1.29, 1.82) is 0 Å². The second-order valence-corrected chi connectivity index (χ2v) is 12.5. The maximum atomic E-state index is 13.4. The van der Waals surface area contributed by atoms with Gasteiger partial charge in [-0.2, -0.15) is 0 Å². The van der Waals surface area contributed by atoms with Crippen molar-refractivity contribution < 1.29 is 18.8 Å². The minimum absolute atomic E-state index is 0.113. The van der Waals surface area contributed by atoms with Crippen molar-refractivity contribution in [3.63, 3.8) is 0 Å². The summed E-state index contributed by atoms with van der Waals surface area (Å²) in [6.07, 6.45) is 6.32. The van der Waals surface area contributed by atoms with Crippen LogP contribution in [0.4, 0.5) is 0 Å². The average molecular weight is 493 g/mol. The second kappa shape index (κ2) is 10.5. The van der Waals surface area contributed by atoms with Crippen LogP contribution in [0.3, 0.4) is 0 Å². The number of hydrogen-bond donors (Lipinski definition) is 3. The summed E-state index contributed by atoms with van der Waals surface area (Å²) in [5.41, 5.74) is 4.71. The Bertz CT molecular complexity index is 856. The summed E-state index contributed by atoms with van der Waals surface area (Å²) in [7, 11) is 0.